The van der Waals surface area contributed by atoms with E-state index in [0.717, 1.165) is 30.9 Å². The number of hydrogen-bond donors (Lipinski definition) is 1. The van der Waals surface area contributed by atoms with Crippen LogP contribution in [0.5, 0.6) is 0 Å². The summed E-state index contributed by atoms with van der Waals surface area (Å²) in [5.74, 6) is 1.32. The number of aromatic carboxylic acids is 1. The molecule has 16 heavy (non-hydrogen) atoms. The molecule has 1 N–H and O–H groups in total. The van der Waals surface area contributed by atoms with Crippen LogP contribution in [-0.2, 0) is 13.0 Å². The number of carboxylic acid groups (broad SMARTS) is 1. The average molecular weight is 220 g/mol. The van der Waals surface area contributed by atoms with Crippen molar-refractivity contribution in [3.8, 4) is 0 Å². The Morgan fingerprint density at radius 2 is 2.19 bits per heavy atom. The minimum Gasteiger partial charge on any atom is -0.476 e. The lowest BCUT2D eigenvalue weighted by Crippen LogP contribution is -2.20. The topological polar surface area (TPSA) is 55.1 Å². The van der Waals surface area contributed by atoms with Crippen LogP contribution < -0.4 is 0 Å². The van der Waals surface area contributed by atoms with Gasteiger partial charge < -0.3 is 9.67 Å². The maximum Gasteiger partial charge on any atom is 0.356 e. The Bertz CT molecular complexity index is 446. The van der Waals surface area contributed by atoms with Crippen molar-refractivity contribution in [2.75, 3.05) is 0 Å². The first-order valence-corrected chi connectivity index (χ1v) is 5.99. The van der Waals surface area contributed by atoms with E-state index < -0.39 is 5.97 Å². The Morgan fingerprint density at radius 3 is 2.81 bits per heavy atom. The van der Waals surface area contributed by atoms with Crippen LogP contribution in [0.1, 0.15) is 54.1 Å². The summed E-state index contributed by atoms with van der Waals surface area (Å²) in [6.45, 7) is 3.17. The van der Waals surface area contributed by atoms with Gasteiger partial charge in [0.1, 0.15) is 5.82 Å². The third kappa shape index (κ3) is 1.44. The van der Waals surface area contributed by atoms with Crippen LogP contribution in [0.15, 0.2) is 0 Å². The molecule has 1 atom stereocenters. The summed E-state index contributed by atoms with van der Waals surface area (Å²) in [4.78, 5) is 15.5. The molecule has 1 unspecified atom stereocenters. The standard InChI is InChI=1S/C12H16N2O2/c1-7-2-5-9-10(12(15)16)13-11(8-3-4-8)14(9)6-7/h7-8H,2-6H2,1H3,(H,15,16). The number of carbonyl (C=O) groups is 1. The summed E-state index contributed by atoms with van der Waals surface area (Å²) >= 11 is 0. The van der Waals surface area contributed by atoms with E-state index in [0.29, 0.717) is 17.5 Å². The molecule has 1 fully saturated rings. The van der Waals surface area contributed by atoms with Crippen molar-refractivity contribution in [3.05, 3.63) is 17.2 Å². The van der Waals surface area contributed by atoms with Crippen molar-refractivity contribution < 1.29 is 9.90 Å². The van der Waals surface area contributed by atoms with Crippen LogP contribution >= 0.6 is 0 Å². The zero-order valence-electron chi connectivity index (χ0n) is 9.44. The Balaban J connectivity index is 2.09. The molecule has 1 aromatic rings. The van der Waals surface area contributed by atoms with Crippen molar-refractivity contribution in [2.45, 2.75) is 45.1 Å². The number of aromatic nitrogens is 2. The zero-order chi connectivity index (χ0) is 11.3. The molecule has 4 nitrogen and oxygen atoms in total. The van der Waals surface area contributed by atoms with Gasteiger partial charge in [0, 0.05) is 12.5 Å². The second-order valence-electron chi connectivity index (χ2n) is 5.10. The van der Waals surface area contributed by atoms with Crippen molar-refractivity contribution in [3.63, 3.8) is 0 Å². The average Bonchev–Trinajstić information content (AvgIpc) is 3.00. The monoisotopic (exact) mass is 220 g/mol. The van der Waals surface area contributed by atoms with Crippen LogP contribution in [0, 0.1) is 5.92 Å². The van der Waals surface area contributed by atoms with E-state index in [2.05, 4.69) is 16.5 Å². The van der Waals surface area contributed by atoms with Crippen LogP contribution in [0.4, 0.5) is 0 Å². The van der Waals surface area contributed by atoms with Crippen LogP contribution in [0.3, 0.4) is 0 Å². The molecule has 0 saturated heterocycles. The number of imidazole rings is 1. The lowest BCUT2D eigenvalue weighted by molar-refractivity contribution is 0.0689. The minimum atomic E-state index is -0.870. The first kappa shape index (κ1) is 9.87. The van der Waals surface area contributed by atoms with Gasteiger partial charge >= 0.3 is 5.97 Å². The highest BCUT2D eigenvalue weighted by Crippen LogP contribution is 2.41. The van der Waals surface area contributed by atoms with E-state index in [1.54, 1.807) is 0 Å². The number of carboxylic acids is 1. The summed E-state index contributed by atoms with van der Waals surface area (Å²) in [6, 6.07) is 0. The van der Waals surface area contributed by atoms with Gasteiger partial charge in [-0.1, -0.05) is 6.92 Å². The Hall–Kier alpha value is -1.32. The van der Waals surface area contributed by atoms with E-state index in [-0.39, 0.29) is 0 Å². The molecular formula is C12H16N2O2. The highest BCUT2D eigenvalue weighted by molar-refractivity contribution is 5.87. The summed E-state index contributed by atoms with van der Waals surface area (Å²) in [7, 11) is 0. The predicted molar refractivity (Wildman–Crippen MR) is 58.6 cm³/mol. The molecule has 86 valence electrons. The van der Waals surface area contributed by atoms with Crippen molar-refractivity contribution in [1.82, 2.24) is 9.55 Å². The first-order chi connectivity index (χ1) is 7.66. The number of fused-ring (bicyclic) bond motifs is 1. The van der Waals surface area contributed by atoms with Crippen molar-refractivity contribution in [1.29, 1.82) is 0 Å². The SMILES string of the molecule is CC1CCc2c(C(=O)O)nc(C3CC3)n2C1. The van der Waals surface area contributed by atoms with Gasteiger partial charge in [-0.2, -0.15) is 0 Å². The largest absolute Gasteiger partial charge is 0.476 e. The number of hydrogen-bond acceptors (Lipinski definition) is 2. The van der Waals surface area contributed by atoms with Gasteiger partial charge in [0.2, 0.25) is 0 Å². The quantitative estimate of drug-likeness (QED) is 0.829. The molecule has 2 aliphatic rings. The van der Waals surface area contributed by atoms with E-state index in [1.165, 1.54) is 12.8 Å². The molecule has 1 aromatic heterocycles. The molecule has 1 aliphatic carbocycles. The third-order valence-corrected chi connectivity index (χ3v) is 3.62. The lowest BCUT2D eigenvalue weighted by Gasteiger charge is -2.22. The molecule has 1 aliphatic heterocycles. The molecule has 0 radical (unpaired) electrons. The molecule has 3 rings (SSSR count). The molecule has 0 amide bonds. The molecule has 4 heteroatoms. The molecule has 2 heterocycles. The summed E-state index contributed by atoms with van der Waals surface area (Å²) in [5, 5.41) is 9.15. The minimum absolute atomic E-state index is 0.300. The van der Waals surface area contributed by atoms with Gasteiger partial charge in [-0.15, -0.1) is 0 Å². The molecule has 0 bridgehead atoms. The van der Waals surface area contributed by atoms with Gasteiger partial charge in [0.15, 0.2) is 5.69 Å². The predicted octanol–water partition coefficient (Wildman–Crippen LogP) is 2.04. The maximum absolute atomic E-state index is 11.1. The van der Waals surface area contributed by atoms with Gasteiger partial charge in [-0.05, 0) is 31.6 Å². The second-order valence-corrected chi connectivity index (χ2v) is 5.10. The smallest absolute Gasteiger partial charge is 0.356 e. The zero-order valence-corrected chi connectivity index (χ0v) is 9.44. The van der Waals surface area contributed by atoms with Crippen LogP contribution in [0.2, 0.25) is 0 Å². The van der Waals surface area contributed by atoms with Gasteiger partial charge in [-0.25, -0.2) is 9.78 Å². The Labute approximate surface area is 94.3 Å². The fourth-order valence-corrected chi connectivity index (χ4v) is 2.57. The second kappa shape index (κ2) is 3.34. The molecular weight excluding hydrogens is 204 g/mol. The Kier molecular flexibility index (Phi) is 2.06. The van der Waals surface area contributed by atoms with Crippen LogP contribution in [-0.4, -0.2) is 20.6 Å². The fraction of sp³-hybridized carbons (Fsp3) is 0.667. The Morgan fingerprint density at radius 1 is 1.44 bits per heavy atom. The highest BCUT2D eigenvalue weighted by atomic mass is 16.4. The number of rotatable bonds is 2. The highest BCUT2D eigenvalue weighted by Gasteiger charge is 2.34. The summed E-state index contributed by atoms with van der Waals surface area (Å²) < 4.78 is 2.18. The van der Waals surface area contributed by atoms with Gasteiger partial charge in [-0.3, -0.25) is 0 Å². The van der Waals surface area contributed by atoms with E-state index in [9.17, 15) is 4.79 Å². The maximum atomic E-state index is 11.1. The fourth-order valence-electron chi connectivity index (χ4n) is 2.57. The normalized spacial score (nSPS) is 24.2. The van der Waals surface area contributed by atoms with Crippen LogP contribution in [0.25, 0.3) is 0 Å². The van der Waals surface area contributed by atoms with Crippen molar-refractivity contribution >= 4 is 5.97 Å². The van der Waals surface area contributed by atoms with Gasteiger partial charge in [0.25, 0.3) is 0 Å². The van der Waals surface area contributed by atoms with E-state index in [1.807, 2.05) is 0 Å². The molecule has 0 spiro atoms. The first-order valence-electron chi connectivity index (χ1n) is 5.99. The van der Waals surface area contributed by atoms with Gasteiger partial charge in [0.05, 0.1) is 5.69 Å². The molecule has 1 saturated carbocycles. The third-order valence-electron chi connectivity index (χ3n) is 3.62. The number of nitrogens with zero attached hydrogens (tertiary/aromatic N) is 2. The molecule has 0 aromatic carbocycles. The van der Waals surface area contributed by atoms with Crippen molar-refractivity contribution in [2.24, 2.45) is 5.92 Å². The van der Waals surface area contributed by atoms with E-state index >= 15 is 0 Å². The lowest BCUT2D eigenvalue weighted by atomic mass is 9.99. The summed E-state index contributed by atoms with van der Waals surface area (Å²) in [5.41, 5.74) is 1.25. The summed E-state index contributed by atoms with van der Waals surface area (Å²) in [6.07, 6.45) is 4.28. The van der Waals surface area contributed by atoms with E-state index in [4.69, 9.17) is 5.11 Å².